The fourth-order valence-electron chi connectivity index (χ4n) is 5.89. The smallest absolute Gasteiger partial charge is 0.407 e. The Morgan fingerprint density at radius 1 is 1.11 bits per heavy atom. The van der Waals surface area contributed by atoms with Crippen molar-refractivity contribution in [3.63, 3.8) is 0 Å². The fourth-order valence-corrected chi connectivity index (χ4v) is 5.89. The van der Waals surface area contributed by atoms with Crippen molar-refractivity contribution in [1.82, 2.24) is 15.1 Å². The van der Waals surface area contributed by atoms with Gasteiger partial charge in [-0.3, -0.25) is 4.79 Å². The van der Waals surface area contributed by atoms with E-state index >= 15 is 0 Å². The number of piperidine rings is 1. The molecule has 8 nitrogen and oxygen atoms in total. The number of alkyl carbamates (subject to hydrolysis) is 1. The van der Waals surface area contributed by atoms with E-state index in [-0.39, 0.29) is 30.9 Å². The van der Waals surface area contributed by atoms with E-state index in [0.29, 0.717) is 13.0 Å². The van der Waals surface area contributed by atoms with Gasteiger partial charge in [-0.05, 0) is 61.5 Å². The third-order valence-electron chi connectivity index (χ3n) is 7.61. The molecule has 3 atom stereocenters. The van der Waals surface area contributed by atoms with Crippen molar-refractivity contribution in [3.05, 3.63) is 59.7 Å². The van der Waals surface area contributed by atoms with Crippen molar-refractivity contribution in [1.29, 1.82) is 0 Å². The molecular formula is C27H31N3O5. The van der Waals surface area contributed by atoms with Gasteiger partial charge in [-0.2, -0.15) is 0 Å². The van der Waals surface area contributed by atoms with Gasteiger partial charge in [-0.1, -0.05) is 48.5 Å². The molecule has 3 aliphatic rings. The molecule has 2 amide bonds. The number of fused-ring (bicyclic) bond motifs is 4. The van der Waals surface area contributed by atoms with Crippen molar-refractivity contribution in [2.45, 2.75) is 36.8 Å². The number of amides is 2. The first-order valence-electron chi connectivity index (χ1n) is 12.1. The van der Waals surface area contributed by atoms with Gasteiger partial charge in [0.25, 0.3) is 0 Å². The Kier molecular flexibility index (Phi) is 6.01. The Morgan fingerprint density at radius 2 is 1.74 bits per heavy atom. The molecule has 2 aromatic rings. The summed E-state index contributed by atoms with van der Waals surface area (Å²) in [6, 6.07) is 15.3. The van der Waals surface area contributed by atoms with Gasteiger partial charge in [0.2, 0.25) is 5.91 Å². The molecule has 1 saturated heterocycles. The van der Waals surface area contributed by atoms with E-state index in [0.717, 1.165) is 35.1 Å². The molecule has 0 spiro atoms. The number of hydrogen-bond acceptors (Lipinski definition) is 5. The monoisotopic (exact) mass is 477 g/mol. The average Bonchev–Trinajstić information content (AvgIpc) is 3.53. The summed E-state index contributed by atoms with van der Waals surface area (Å²) in [6.07, 6.45) is 1.38. The number of likely N-dealkylation sites (N-methyl/N-ethyl adjacent to an activating group) is 1. The Labute approximate surface area is 204 Å². The van der Waals surface area contributed by atoms with E-state index in [4.69, 9.17) is 4.74 Å². The summed E-state index contributed by atoms with van der Waals surface area (Å²) >= 11 is 0. The summed E-state index contributed by atoms with van der Waals surface area (Å²) in [4.78, 5) is 41.6. The summed E-state index contributed by atoms with van der Waals surface area (Å²) in [5.41, 5.74) is 3.38. The first kappa shape index (κ1) is 23.4. The molecule has 2 unspecified atom stereocenters. The number of nitrogens with zero attached hydrogens (tertiary/aromatic N) is 2. The summed E-state index contributed by atoms with van der Waals surface area (Å²) < 4.78 is 5.64. The van der Waals surface area contributed by atoms with Crippen LogP contribution in [0.15, 0.2) is 48.5 Å². The van der Waals surface area contributed by atoms with Crippen LogP contribution in [0.5, 0.6) is 0 Å². The van der Waals surface area contributed by atoms with Gasteiger partial charge in [0.15, 0.2) is 0 Å². The molecule has 2 N–H and O–H groups in total. The molecule has 2 fully saturated rings. The molecule has 35 heavy (non-hydrogen) atoms. The zero-order valence-corrected chi connectivity index (χ0v) is 20.1. The van der Waals surface area contributed by atoms with Gasteiger partial charge < -0.3 is 25.0 Å². The average molecular weight is 478 g/mol. The third kappa shape index (κ3) is 4.05. The number of hydrogen-bond donors (Lipinski definition) is 2. The van der Waals surface area contributed by atoms with Gasteiger partial charge >= 0.3 is 12.1 Å². The number of carboxylic acid groups (broad SMARTS) is 1. The molecule has 0 radical (unpaired) electrons. The number of benzene rings is 2. The predicted molar refractivity (Wildman–Crippen MR) is 130 cm³/mol. The molecule has 0 bridgehead atoms. The van der Waals surface area contributed by atoms with Crippen LogP contribution < -0.4 is 5.32 Å². The second-order valence-electron chi connectivity index (χ2n) is 10.0. The van der Waals surface area contributed by atoms with Crippen LogP contribution in [0.3, 0.4) is 0 Å². The summed E-state index contributed by atoms with van der Waals surface area (Å²) in [6.45, 7) is 0.783. The number of carboxylic acids is 1. The first-order valence-corrected chi connectivity index (χ1v) is 12.1. The Hall–Kier alpha value is -3.39. The van der Waals surface area contributed by atoms with E-state index in [9.17, 15) is 19.5 Å². The van der Waals surface area contributed by atoms with Crippen molar-refractivity contribution in [3.8, 4) is 11.1 Å². The fraction of sp³-hybridized carbons (Fsp3) is 0.444. The predicted octanol–water partition coefficient (Wildman–Crippen LogP) is 2.92. The van der Waals surface area contributed by atoms with Crippen LogP contribution in [0.25, 0.3) is 11.1 Å². The highest BCUT2D eigenvalue weighted by Gasteiger charge is 2.67. The standard InChI is InChI=1S/C27H31N3O5/c1-29(2)15-23(24(31)30-13-7-8-17-14-27(17,30)25(32)33)28-26(34)35-16-22-20-11-5-3-9-18(20)19-10-4-6-12-21(19)22/h3-6,9-12,17,22-23H,7-8,13-16H2,1-2H3,(H,28,34)(H,32,33)/t17?,23-,27?/m0/s1. The topological polar surface area (TPSA) is 99.2 Å². The van der Waals surface area contributed by atoms with Crippen molar-refractivity contribution >= 4 is 18.0 Å². The van der Waals surface area contributed by atoms with E-state index < -0.39 is 23.6 Å². The van der Waals surface area contributed by atoms with Crippen LogP contribution in [-0.4, -0.2) is 78.2 Å². The highest BCUT2D eigenvalue weighted by molar-refractivity contribution is 5.94. The quantitative estimate of drug-likeness (QED) is 0.636. The van der Waals surface area contributed by atoms with Crippen LogP contribution in [0.2, 0.25) is 0 Å². The van der Waals surface area contributed by atoms with E-state index in [2.05, 4.69) is 17.4 Å². The molecule has 0 aromatic heterocycles. The molecule has 2 aliphatic carbocycles. The van der Waals surface area contributed by atoms with E-state index in [1.165, 1.54) is 4.90 Å². The lowest BCUT2D eigenvalue weighted by atomic mass is 9.98. The van der Waals surface area contributed by atoms with Gasteiger partial charge in [-0.15, -0.1) is 0 Å². The molecule has 184 valence electrons. The number of likely N-dealkylation sites (tertiary alicyclic amines) is 1. The van der Waals surface area contributed by atoms with Crippen molar-refractivity contribution < 1.29 is 24.2 Å². The normalized spacial score (nSPS) is 23.2. The molecule has 8 heteroatoms. The van der Waals surface area contributed by atoms with Crippen LogP contribution >= 0.6 is 0 Å². The maximum absolute atomic E-state index is 13.5. The second-order valence-corrected chi connectivity index (χ2v) is 10.0. The number of ether oxygens (including phenoxy) is 1. The SMILES string of the molecule is CN(C)C[C@H](NC(=O)OCC1c2ccccc2-c2ccccc21)C(=O)N1CCCC2CC21C(=O)O. The molecular weight excluding hydrogens is 446 g/mol. The highest BCUT2D eigenvalue weighted by Crippen LogP contribution is 2.54. The van der Waals surface area contributed by atoms with Crippen LogP contribution in [0.4, 0.5) is 4.79 Å². The molecule has 1 saturated carbocycles. The highest BCUT2D eigenvalue weighted by atomic mass is 16.5. The minimum Gasteiger partial charge on any atom is -0.479 e. The van der Waals surface area contributed by atoms with Crippen molar-refractivity contribution in [2.24, 2.45) is 5.92 Å². The largest absolute Gasteiger partial charge is 0.479 e. The lowest BCUT2D eigenvalue weighted by Gasteiger charge is -2.36. The Balaban J connectivity index is 1.29. The second kappa shape index (κ2) is 9.00. The first-order chi connectivity index (χ1) is 16.8. The maximum atomic E-state index is 13.5. The molecule has 1 aliphatic heterocycles. The third-order valence-corrected chi connectivity index (χ3v) is 7.61. The number of nitrogens with one attached hydrogen (secondary N) is 1. The summed E-state index contributed by atoms with van der Waals surface area (Å²) in [5, 5.41) is 12.6. The Morgan fingerprint density at radius 3 is 2.34 bits per heavy atom. The van der Waals surface area contributed by atoms with Crippen molar-refractivity contribution in [2.75, 3.05) is 33.8 Å². The maximum Gasteiger partial charge on any atom is 0.407 e. The minimum atomic E-state index is -1.12. The summed E-state index contributed by atoms with van der Waals surface area (Å²) in [7, 11) is 3.62. The Bertz CT molecular complexity index is 1120. The zero-order chi connectivity index (χ0) is 24.7. The van der Waals surface area contributed by atoms with Gasteiger partial charge in [0, 0.05) is 19.0 Å². The van der Waals surface area contributed by atoms with Crippen LogP contribution in [0, 0.1) is 5.92 Å². The molecule has 2 aromatic carbocycles. The molecule has 1 heterocycles. The number of aliphatic carboxylic acids is 1. The van der Waals surface area contributed by atoms with E-state index in [1.54, 1.807) is 4.90 Å². The van der Waals surface area contributed by atoms with Gasteiger partial charge in [-0.25, -0.2) is 9.59 Å². The number of rotatable bonds is 7. The number of carbonyl (C=O) groups is 3. The lowest BCUT2D eigenvalue weighted by Crippen LogP contribution is -2.59. The lowest BCUT2D eigenvalue weighted by molar-refractivity contribution is -0.155. The number of carbonyl (C=O) groups excluding carboxylic acids is 2. The van der Waals surface area contributed by atoms with Crippen LogP contribution in [0.1, 0.15) is 36.3 Å². The van der Waals surface area contributed by atoms with E-state index in [1.807, 2.05) is 50.5 Å². The van der Waals surface area contributed by atoms with Gasteiger partial charge in [0.05, 0.1) is 0 Å². The van der Waals surface area contributed by atoms with Gasteiger partial charge in [0.1, 0.15) is 18.2 Å². The minimum absolute atomic E-state index is 0.00726. The zero-order valence-electron chi connectivity index (χ0n) is 20.1. The summed E-state index contributed by atoms with van der Waals surface area (Å²) in [5.74, 6) is -1.41. The molecule has 5 rings (SSSR count). The van der Waals surface area contributed by atoms with Crippen LogP contribution in [-0.2, 0) is 14.3 Å².